The Morgan fingerprint density at radius 3 is 3.14 bits per heavy atom. The third kappa shape index (κ3) is 3.44. The van der Waals surface area contributed by atoms with Crippen LogP contribution >= 0.6 is 11.8 Å². The van der Waals surface area contributed by atoms with Gasteiger partial charge in [0.15, 0.2) is 10.9 Å². The van der Waals surface area contributed by atoms with Crippen molar-refractivity contribution in [2.75, 3.05) is 25.9 Å². The summed E-state index contributed by atoms with van der Waals surface area (Å²) >= 11 is 1.79. The van der Waals surface area contributed by atoms with Gasteiger partial charge in [-0.1, -0.05) is 17.8 Å². The van der Waals surface area contributed by atoms with Crippen molar-refractivity contribution in [3.05, 3.63) is 31.1 Å². The molecule has 0 aliphatic carbocycles. The molecule has 0 aromatic carbocycles. The van der Waals surface area contributed by atoms with E-state index >= 15 is 0 Å². The molecule has 3 heterocycles. The lowest BCUT2D eigenvalue weighted by Crippen LogP contribution is -2.33. The Hall–Kier alpha value is -1.53. The van der Waals surface area contributed by atoms with Gasteiger partial charge >= 0.3 is 0 Å². The van der Waals surface area contributed by atoms with Gasteiger partial charge < -0.3 is 9.32 Å². The first-order valence-electron chi connectivity index (χ1n) is 7.67. The van der Waals surface area contributed by atoms with Crippen LogP contribution in [-0.4, -0.2) is 45.6 Å². The Labute approximate surface area is 135 Å². The second kappa shape index (κ2) is 7.15. The Morgan fingerprint density at radius 2 is 2.41 bits per heavy atom. The number of hydrogen-bond acceptors (Lipinski definition) is 5. The topological polar surface area (TPSA) is 47.1 Å². The third-order valence-corrected chi connectivity index (χ3v) is 5.14. The van der Waals surface area contributed by atoms with E-state index in [4.69, 9.17) is 4.42 Å². The highest BCUT2D eigenvalue weighted by molar-refractivity contribution is 7.99. The summed E-state index contributed by atoms with van der Waals surface area (Å²) in [6, 6.07) is 3.78. The summed E-state index contributed by atoms with van der Waals surface area (Å²) in [5.74, 6) is 3.33. The number of hydrogen-bond donors (Lipinski definition) is 0. The summed E-state index contributed by atoms with van der Waals surface area (Å²) < 4.78 is 7.53. The molecule has 2 aromatic heterocycles. The van der Waals surface area contributed by atoms with Gasteiger partial charge in [-0.15, -0.1) is 16.8 Å². The lowest BCUT2D eigenvalue weighted by molar-refractivity contribution is 0.224. The van der Waals surface area contributed by atoms with E-state index in [1.807, 2.05) is 18.2 Å². The molecule has 2 aromatic rings. The molecule has 0 radical (unpaired) electrons. The Bertz CT molecular complexity index is 608. The summed E-state index contributed by atoms with van der Waals surface area (Å²) in [4.78, 5) is 2.41. The van der Waals surface area contributed by atoms with Crippen molar-refractivity contribution in [1.82, 2.24) is 19.7 Å². The van der Waals surface area contributed by atoms with E-state index in [0.29, 0.717) is 6.54 Å². The molecule has 118 valence electrons. The highest BCUT2D eigenvalue weighted by Crippen LogP contribution is 2.28. The highest BCUT2D eigenvalue weighted by atomic mass is 32.2. The van der Waals surface area contributed by atoms with Crippen LogP contribution in [0.2, 0.25) is 0 Å². The van der Waals surface area contributed by atoms with Crippen LogP contribution in [0.4, 0.5) is 0 Å². The summed E-state index contributed by atoms with van der Waals surface area (Å²) in [5, 5.41) is 9.59. The predicted octanol–water partition coefficient (Wildman–Crippen LogP) is 3.16. The van der Waals surface area contributed by atoms with E-state index in [2.05, 4.69) is 33.3 Å². The molecule has 0 unspecified atom stereocenters. The summed E-state index contributed by atoms with van der Waals surface area (Å²) in [6.07, 6.45) is 6.12. The van der Waals surface area contributed by atoms with E-state index in [1.165, 1.54) is 25.9 Å². The smallest absolute Gasteiger partial charge is 0.200 e. The van der Waals surface area contributed by atoms with E-state index in [1.54, 1.807) is 18.0 Å². The quantitative estimate of drug-likeness (QED) is 0.605. The van der Waals surface area contributed by atoms with E-state index in [0.717, 1.165) is 28.4 Å². The Morgan fingerprint density at radius 1 is 1.50 bits per heavy atom. The standard InChI is InChI=1S/C16H22N4OS/c1-3-8-20-15(14-7-5-10-21-14)17-18-16(20)22-12-13-6-4-9-19(2)11-13/h3,5,7,10,13H,1,4,6,8-9,11-12H2,2H3/t13-/m1/s1. The molecule has 0 spiro atoms. The van der Waals surface area contributed by atoms with Crippen LogP contribution in [0.15, 0.2) is 40.6 Å². The van der Waals surface area contributed by atoms with Gasteiger partial charge in [0, 0.05) is 18.8 Å². The van der Waals surface area contributed by atoms with E-state index in [-0.39, 0.29) is 0 Å². The number of furan rings is 1. The third-order valence-electron chi connectivity index (χ3n) is 3.94. The molecule has 0 saturated carbocycles. The van der Waals surface area contributed by atoms with Crippen molar-refractivity contribution in [3.63, 3.8) is 0 Å². The fourth-order valence-corrected chi connectivity index (χ4v) is 3.95. The first-order chi connectivity index (χ1) is 10.8. The predicted molar refractivity (Wildman–Crippen MR) is 88.9 cm³/mol. The van der Waals surface area contributed by atoms with Crippen LogP contribution in [0.3, 0.4) is 0 Å². The fraction of sp³-hybridized carbons (Fsp3) is 0.500. The van der Waals surface area contributed by atoms with Crippen molar-refractivity contribution < 1.29 is 4.42 Å². The maximum absolute atomic E-state index is 5.45. The van der Waals surface area contributed by atoms with Gasteiger partial charge in [-0.3, -0.25) is 4.57 Å². The van der Waals surface area contributed by atoms with Gasteiger partial charge in [0.25, 0.3) is 0 Å². The van der Waals surface area contributed by atoms with Crippen LogP contribution in [0.1, 0.15) is 12.8 Å². The molecule has 3 rings (SSSR count). The molecular weight excluding hydrogens is 296 g/mol. The monoisotopic (exact) mass is 318 g/mol. The Kier molecular flexibility index (Phi) is 5.00. The maximum atomic E-state index is 5.45. The largest absolute Gasteiger partial charge is 0.461 e. The zero-order valence-corrected chi connectivity index (χ0v) is 13.8. The second-order valence-electron chi connectivity index (χ2n) is 5.76. The maximum Gasteiger partial charge on any atom is 0.200 e. The molecule has 6 heteroatoms. The number of nitrogens with zero attached hydrogens (tertiary/aromatic N) is 4. The lowest BCUT2D eigenvalue weighted by Gasteiger charge is -2.29. The van der Waals surface area contributed by atoms with Gasteiger partial charge in [0.1, 0.15) is 0 Å². The van der Waals surface area contributed by atoms with E-state index in [9.17, 15) is 0 Å². The van der Waals surface area contributed by atoms with Crippen LogP contribution in [0, 0.1) is 5.92 Å². The van der Waals surface area contributed by atoms with Crippen molar-refractivity contribution >= 4 is 11.8 Å². The SMILES string of the molecule is C=CCn1c(SC[C@@H]2CCCN(C)C2)nnc1-c1ccco1. The van der Waals surface area contributed by atoms with Crippen molar-refractivity contribution in [1.29, 1.82) is 0 Å². The van der Waals surface area contributed by atoms with Gasteiger partial charge in [0.2, 0.25) is 5.82 Å². The molecule has 1 fully saturated rings. The average molecular weight is 318 g/mol. The van der Waals surface area contributed by atoms with Gasteiger partial charge in [-0.05, 0) is 44.5 Å². The van der Waals surface area contributed by atoms with Crippen LogP contribution in [0.25, 0.3) is 11.6 Å². The number of aromatic nitrogens is 3. The number of rotatable bonds is 6. The number of thioether (sulfide) groups is 1. The first-order valence-corrected chi connectivity index (χ1v) is 8.66. The molecule has 1 aliphatic heterocycles. The van der Waals surface area contributed by atoms with Gasteiger partial charge in [0.05, 0.1) is 6.26 Å². The average Bonchev–Trinajstić information content (AvgIpc) is 3.15. The summed E-state index contributed by atoms with van der Waals surface area (Å²) in [6.45, 7) is 6.92. The normalized spacial score (nSPS) is 19.4. The molecule has 1 atom stereocenters. The zero-order valence-electron chi connectivity index (χ0n) is 12.9. The molecule has 1 aliphatic rings. The van der Waals surface area contributed by atoms with Gasteiger partial charge in [-0.25, -0.2) is 0 Å². The van der Waals surface area contributed by atoms with Crippen molar-refractivity contribution in [2.24, 2.45) is 5.92 Å². The first kappa shape index (κ1) is 15.4. The van der Waals surface area contributed by atoms with Gasteiger partial charge in [-0.2, -0.15) is 0 Å². The van der Waals surface area contributed by atoms with Crippen molar-refractivity contribution in [3.8, 4) is 11.6 Å². The molecule has 0 amide bonds. The summed E-state index contributed by atoms with van der Waals surface area (Å²) in [5.41, 5.74) is 0. The second-order valence-corrected chi connectivity index (χ2v) is 6.75. The number of likely N-dealkylation sites (tertiary alicyclic amines) is 1. The summed E-state index contributed by atoms with van der Waals surface area (Å²) in [7, 11) is 2.20. The van der Waals surface area contributed by atoms with Crippen LogP contribution < -0.4 is 0 Å². The minimum Gasteiger partial charge on any atom is -0.461 e. The minimum absolute atomic E-state index is 0.690. The fourth-order valence-electron chi connectivity index (χ4n) is 2.88. The number of piperidine rings is 1. The van der Waals surface area contributed by atoms with Crippen molar-refractivity contribution in [2.45, 2.75) is 24.5 Å². The minimum atomic E-state index is 0.690. The number of allylic oxidation sites excluding steroid dienone is 1. The highest BCUT2D eigenvalue weighted by Gasteiger charge is 2.20. The molecular formula is C16H22N4OS. The molecule has 22 heavy (non-hydrogen) atoms. The van der Waals surface area contributed by atoms with Crippen LogP contribution in [-0.2, 0) is 6.54 Å². The van der Waals surface area contributed by atoms with Crippen LogP contribution in [0.5, 0.6) is 0 Å². The lowest BCUT2D eigenvalue weighted by atomic mass is 10.0. The molecule has 0 N–H and O–H groups in total. The Balaban J connectivity index is 1.71. The zero-order chi connectivity index (χ0) is 15.4. The van der Waals surface area contributed by atoms with E-state index < -0.39 is 0 Å². The molecule has 5 nitrogen and oxygen atoms in total. The molecule has 0 bridgehead atoms. The molecule has 1 saturated heterocycles.